The first kappa shape index (κ1) is 9.96. The molecule has 0 aliphatic carbocycles. The van der Waals surface area contributed by atoms with Gasteiger partial charge >= 0.3 is 0 Å². The minimum atomic E-state index is 0.217. The number of carbonyl (C=O) groups excluding carboxylic acids is 1. The van der Waals surface area contributed by atoms with Crippen molar-refractivity contribution in [1.82, 2.24) is 9.78 Å². The molecule has 0 aliphatic rings. The average molecular weight is 180 g/mol. The summed E-state index contributed by atoms with van der Waals surface area (Å²) in [6.45, 7) is 6.47. The molecule has 13 heavy (non-hydrogen) atoms. The zero-order valence-corrected chi connectivity index (χ0v) is 8.66. The normalized spacial score (nSPS) is 11.7. The molecule has 0 radical (unpaired) electrons. The van der Waals surface area contributed by atoms with Crippen molar-refractivity contribution in [1.29, 1.82) is 0 Å². The first-order chi connectivity index (χ1) is 5.92. The van der Waals surface area contributed by atoms with Crippen molar-refractivity contribution in [3.05, 3.63) is 17.5 Å². The molecule has 0 N–H and O–H groups in total. The van der Waals surface area contributed by atoms with Crippen LogP contribution in [-0.2, 0) is 13.5 Å². The summed E-state index contributed by atoms with van der Waals surface area (Å²) >= 11 is 0. The monoisotopic (exact) mass is 180 g/mol. The maximum absolute atomic E-state index is 10.5. The summed E-state index contributed by atoms with van der Waals surface area (Å²) < 4.78 is 1.62. The van der Waals surface area contributed by atoms with Crippen molar-refractivity contribution >= 4 is 6.29 Å². The van der Waals surface area contributed by atoms with E-state index in [4.69, 9.17) is 0 Å². The average Bonchev–Trinajstić information content (AvgIpc) is 2.26. The molecule has 0 aromatic carbocycles. The van der Waals surface area contributed by atoms with Crippen LogP contribution < -0.4 is 0 Å². The molecule has 3 nitrogen and oxygen atoms in total. The number of hydrogen-bond donors (Lipinski definition) is 0. The number of carbonyl (C=O) groups is 1. The van der Waals surface area contributed by atoms with Crippen molar-refractivity contribution < 1.29 is 4.79 Å². The van der Waals surface area contributed by atoms with Crippen molar-refractivity contribution in [2.75, 3.05) is 0 Å². The Kier molecular flexibility index (Phi) is 2.55. The lowest BCUT2D eigenvalue weighted by atomic mass is 9.91. The lowest BCUT2D eigenvalue weighted by Crippen LogP contribution is -2.09. The molecule has 3 heteroatoms. The second kappa shape index (κ2) is 3.32. The Labute approximate surface area is 78.8 Å². The molecule has 0 unspecified atom stereocenters. The Bertz CT molecular complexity index is 307. The van der Waals surface area contributed by atoms with Gasteiger partial charge in [0.2, 0.25) is 0 Å². The summed E-state index contributed by atoms with van der Waals surface area (Å²) in [5.41, 5.74) is 1.84. The summed E-state index contributed by atoms with van der Waals surface area (Å²) in [7, 11) is 1.79. The van der Waals surface area contributed by atoms with Gasteiger partial charge in [0, 0.05) is 7.05 Å². The van der Waals surface area contributed by atoms with Gasteiger partial charge in [-0.15, -0.1) is 0 Å². The Morgan fingerprint density at radius 3 is 2.54 bits per heavy atom. The van der Waals surface area contributed by atoms with Crippen LogP contribution in [0.5, 0.6) is 0 Å². The second-order valence-electron chi connectivity index (χ2n) is 4.54. The summed E-state index contributed by atoms with van der Waals surface area (Å²) in [4.78, 5) is 10.5. The summed E-state index contributed by atoms with van der Waals surface area (Å²) in [6, 6.07) is 1.85. The fraction of sp³-hybridized carbons (Fsp3) is 0.600. The quantitative estimate of drug-likeness (QED) is 0.651. The molecule has 0 aliphatic heterocycles. The van der Waals surface area contributed by atoms with Gasteiger partial charge in [-0.1, -0.05) is 20.8 Å². The topological polar surface area (TPSA) is 34.9 Å². The van der Waals surface area contributed by atoms with E-state index in [1.807, 2.05) is 6.07 Å². The van der Waals surface area contributed by atoms with Crippen LogP contribution in [0.25, 0.3) is 0 Å². The van der Waals surface area contributed by atoms with E-state index in [0.29, 0.717) is 5.69 Å². The lowest BCUT2D eigenvalue weighted by molar-refractivity contribution is 0.111. The largest absolute Gasteiger partial charge is 0.296 e. The van der Waals surface area contributed by atoms with Crippen molar-refractivity contribution in [2.45, 2.75) is 27.2 Å². The van der Waals surface area contributed by atoms with Gasteiger partial charge in [-0.25, -0.2) is 0 Å². The Balaban J connectivity index is 2.85. The molecule has 1 aromatic heterocycles. The molecule has 0 fully saturated rings. The highest BCUT2D eigenvalue weighted by atomic mass is 16.1. The van der Waals surface area contributed by atoms with E-state index in [-0.39, 0.29) is 5.41 Å². The number of aromatic nitrogens is 2. The van der Waals surface area contributed by atoms with Crippen LogP contribution in [-0.4, -0.2) is 16.1 Å². The van der Waals surface area contributed by atoms with E-state index in [2.05, 4.69) is 25.9 Å². The SMILES string of the molecule is Cn1nc(CC(C)(C)C)cc1C=O. The maximum atomic E-state index is 10.5. The molecular formula is C10H16N2O. The first-order valence-corrected chi connectivity index (χ1v) is 4.40. The van der Waals surface area contributed by atoms with Crippen molar-refractivity contribution in [3.8, 4) is 0 Å². The van der Waals surface area contributed by atoms with E-state index in [1.165, 1.54) is 0 Å². The van der Waals surface area contributed by atoms with E-state index < -0.39 is 0 Å². The molecule has 1 aromatic rings. The predicted molar refractivity (Wildman–Crippen MR) is 51.8 cm³/mol. The Hall–Kier alpha value is -1.12. The lowest BCUT2D eigenvalue weighted by Gasteiger charge is -2.15. The van der Waals surface area contributed by atoms with Crippen LogP contribution in [0.4, 0.5) is 0 Å². The second-order valence-corrected chi connectivity index (χ2v) is 4.54. The van der Waals surface area contributed by atoms with Crippen LogP contribution in [0.1, 0.15) is 37.0 Å². The number of nitrogens with zero attached hydrogens (tertiary/aromatic N) is 2. The van der Waals surface area contributed by atoms with Gasteiger partial charge in [-0.3, -0.25) is 9.48 Å². The maximum Gasteiger partial charge on any atom is 0.168 e. The van der Waals surface area contributed by atoms with Gasteiger partial charge in [0.05, 0.1) is 5.69 Å². The summed E-state index contributed by atoms with van der Waals surface area (Å²) in [6.07, 6.45) is 1.73. The van der Waals surface area contributed by atoms with Gasteiger partial charge in [0.25, 0.3) is 0 Å². The van der Waals surface area contributed by atoms with E-state index >= 15 is 0 Å². The van der Waals surface area contributed by atoms with Crippen LogP contribution in [0, 0.1) is 5.41 Å². The standard InChI is InChI=1S/C10H16N2O/c1-10(2,3)6-8-5-9(7-13)12(4)11-8/h5,7H,6H2,1-4H3. The fourth-order valence-corrected chi connectivity index (χ4v) is 1.28. The summed E-state index contributed by atoms with van der Waals surface area (Å²) in [5, 5.41) is 4.25. The van der Waals surface area contributed by atoms with Crippen LogP contribution in [0.15, 0.2) is 6.07 Å². The highest BCUT2D eigenvalue weighted by Gasteiger charge is 2.14. The van der Waals surface area contributed by atoms with E-state index in [9.17, 15) is 4.79 Å². The molecule has 0 atom stereocenters. The van der Waals surface area contributed by atoms with Gasteiger partial charge in [-0.2, -0.15) is 5.10 Å². The third-order valence-corrected chi connectivity index (χ3v) is 1.80. The summed E-state index contributed by atoms with van der Waals surface area (Å²) in [5.74, 6) is 0. The van der Waals surface area contributed by atoms with Gasteiger partial charge in [0.1, 0.15) is 5.69 Å². The zero-order chi connectivity index (χ0) is 10.1. The molecule has 1 rings (SSSR count). The minimum Gasteiger partial charge on any atom is -0.296 e. The highest BCUT2D eigenvalue weighted by Crippen LogP contribution is 2.19. The molecular weight excluding hydrogens is 164 g/mol. The number of rotatable bonds is 2. The van der Waals surface area contributed by atoms with Crippen molar-refractivity contribution in [3.63, 3.8) is 0 Å². The number of hydrogen-bond acceptors (Lipinski definition) is 2. The van der Waals surface area contributed by atoms with Gasteiger partial charge in [0.15, 0.2) is 6.29 Å². The molecule has 72 valence electrons. The van der Waals surface area contributed by atoms with E-state index in [1.54, 1.807) is 11.7 Å². The predicted octanol–water partition coefficient (Wildman–Crippen LogP) is 1.82. The first-order valence-electron chi connectivity index (χ1n) is 4.40. The molecule has 0 spiro atoms. The smallest absolute Gasteiger partial charge is 0.168 e. The van der Waals surface area contributed by atoms with Gasteiger partial charge < -0.3 is 0 Å². The van der Waals surface area contributed by atoms with E-state index in [0.717, 1.165) is 18.4 Å². The van der Waals surface area contributed by atoms with Gasteiger partial charge in [-0.05, 0) is 17.9 Å². The Morgan fingerprint density at radius 1 is 1.54 bits per heavy atom. The van der Waals surface area contributed by atoms with Crippen molar-refractivity contribution in [2.24, 2.45) is 12.5 Å². The molecule has 0 amide bonds. The fourth-order valence-electron chi connectivity index (χ4n) is 1.28. The van der Waals surface area contributed by atoms with Crippen LogP contribution in [0.3, 0.4) is 0 Å². The molecule has 0 saturated heterocycles. The number of aldehydes is 1. The zero-order valence-electron chi connectivity index (χ0n) is 8.66. The van der Waals surface area contributed by atoms with Crippen LogP contribution >= 0.6 is 0 Å². The molecule has 0 saturated carbocycles. The number of aryl methyl sites for hydroxylation is 1. The third-order valence-electron chi connectivity index (χ3n) is 1.80. The molecule has 0 bridgehead atoms. The third kappa shape index (κ3) is 2.68. The highest BCUT2D eigenvalue weighted by molar-refractivity contribution is 5.72. The van der Waals surface area contributed by atoms with Crippen LogP contribution in [0.2, 0.25) is 0 Å². The Morgan fingerprint density at radius 2 is 2.15 bits per heavy atom. The molecule has 1 heterocycles. The minimum absolute atomic E-state index is 0.217.